The molecule has 0 spiro atoms. The van der Waals surface area contributed by atoms with E-state index in [1.165, 1.54) is 0 Å². The van der Waals surface area contributed by atoms with Gasteiger partial charge in [-0.15, -0.1) is 0 Å². The molecule has 0 saturated carbocycles. The van der Waals surface area contributed by atoms with E-state index in [0.29, 0.717) is 5.88 Å². The van der Waals surface area contributed by atoms with E-state index in [-0.39, 0.29) is 0 Å². The second-order valence-corrected chi connectivity index (χ2v) is 5.03. The Bertz CT molecular complexity index is 955. The van der Waals surface area contributed by atoms with E-state index < -0.39 is 0 Å². The van der Waals surface area contributed by atoms with Crippen LogP contribution in [0, 0.1) is 0 Å². The van der Waals surface area contributed by atoms with Gasteiger partial charge in [0.2, 0.25) is 5.88 Å². The van der Waals surface area contributed by atoms with Crippen molar-refractivity contribution < 1.29 is 4.74 Å². The Kier molecular flexibility index (Phi) is 3.41. The average Bonchev–Trinajstić information content (AvgIpc) is 2.63. The monoisotopic (exact) mass is 299 g/mol. The van der Waals surface area contributed by atoms with Gasteiger partial charge >= 0.3 is 0 Å². The van der Waals surface area contributed by atoms with Crippen molar-refractivity contribution in [3.8, 4) is 22.9 Å². The molecule has 4 aromatic rings. The van der Waals surface area contributed by atoms with Gasteiger partial charge in [-0.05, 0) is 36.4 Å². The van der Waals surface area contributed by atoms with Crippen molar-refractivity contribution >= 4 is 10.9 Å². The van der Waals surface area contributed by atoms with Crippen LogP contribution in [0.5, 0.6) is 11.6 Å². The molecular weight excluding hydrogens is 286 g/mol. The molecule has 0 amide bonds. The Morgan fingerprint density at radius 3 is 2.61 bits per heavy atom. The zero-order valence-corrected chi connectivity index (χ0v) is 12.3. The van der Waals surface area contributed by atoms with Crippen molar-refractivity contribution in [2.75, 3.05) is 0 Å². The molecule has 0 radical (unpaired) electrons. The summed E-state index contributed by atoms with van der Waals surface area (Å²) in [5.74, 6) is 1.26. The summed E-state index contributed by atoms with van der Waals surface area (Å²) < 4.78 is 5.99. The molecule has 23 heavy (non-hydrogen) atoms. The molecule has 4 nitrogen and oxygen atoms in total. The number of nitrogens with zero attached hydrogens (tertiary/aromatic N) is 3. The van der Waals surface area contributed by atoms with Gasteiger partial charge in [0.1, 0.15) is 5.75 Å². The summed E-state index contributed by atoms with van der Waals surface area (Å²) in [7, 11) is 0. The van der Waals surface area contributed by atoms with Crippen LogP contribution in [0.2, 0.25) is 0 Å². The molecule has 0 aliphatic heterocycles. The summed E-state index contributed by atoms with van der Waals surface area (Å²) in [6.45, 7) is 0. The quantitative estimate of drug-likeness (QED) is 0.559. The van der Waals surface area contributed by atoms with Crippen LogP contribution >= 0.6 is 0 Å². The summed E-state index contributed by atoms with van der Waals surface area (Å²) in [4.78, 5) is 13.0. The maximum absolute atomic E-state index is 5.99. The third-order valence-corrected chi connectivity index (χ3v) is 3.51. The first-order valence-corrected chi connectivity index (χ1v) is 7.29. The van der Waals surface area contributed by atoms with Crippen molar-refractivity contribution in [3.05, 3.63) is 79.3 Å². The van der Waals surface area contributed by atoms with Gasteiger partial charge in [0.15, 0.2) is 0 Å². The third-order valence-electron chi connectivity index (χ3n) is 3.51. The standard InChI is InChI=1S/C19H13N3O/c1-2-7-18(15(5-1)16-6-3-4-11-21-16)23-19-9-8-14-10-12-20-13-17(14)22-19/h1-13H. The third kappa shape index (κ3) is 2.74. The average molecular weight is 299 g/mol. The number of benzene rings is 1. The van der Waals surface area contributed by atoms with Crippen molar-refractivity contribution in [2.45, 2.75) is 0 Å². The van der Waals surface area contributed by atoms with Gasteiger partial charge in [0, 0.05) is 29.4 Å². The summed E-state index contributed by atoms with van der Waals surface area (Å²) in [5.41, 5.74) is 2.60. The van der Waals surface area contributed by atoms with E-state index in [4.69, 9.17) is 4.74 Å². The van der Waals surface area contributed by atoms with E-state index in [1.807, 2.05) is 60.7 Å². The van der Waals surface area contributed by atoms with Gasteiger partial charge in [-0.25, -0.2) is 4.98 Å². The second-order valence-electron chi connectivity index (χ2n) is 5.03. The SMILES string of the molecule is c1ccc(-c2ccccc2Oc2ccc3ccncc3n2)nc1. The molecule has 0 atom stereocenters. The molecule has 0 unspecified atom stereocenters. The molecule has 0 fully saturated rings. The van der Waals surface area contributed by atoms with Crippen LogP contribution in [0.4, 0.5) is 0 Å². The van der Waals surface area contributed by atoms with Crippen LogP contribution in [0.1, 0.15) is 0 Å². The zero-order chi connectivity index (χ0) is 15.5. The number of ether oxygens (including phenoxy) is 1. The lowest BCUT2D eigenvalue weighted by Crippen LogP contribution is -1.92. The molecular formula is C19H13N3O. The number of hydrogen-bond acceptors (Lipinski definition) is 4. The van der Waals surface area contributed by atoms with Crippen LogP contribution in [0.15, 0.2) is 79.3 Å². The molecule has 110 valence electrons. The highest BCUT2D eigenvalue weighted by Gasteiger charge is 2.08. The Balaban J connectivity index is 1.73. The fraction of sp³-hybridized carbons (Fsp3) is 0. The van der Waals surface area contributed by atoms with Gasteiger partial charge in [0.05, 0.1) is 17.4 Å². The minimum atomic E-state index is 0.536. The van der Waals surface area contributed by atoms with Crippen LogP contribution in [-0.4, -0.2) is 15.0 Å². The number of pyridine rings is 3. The Labute approximate surface area is 133 Å². The molecule has 4 rings (SSSR count). The molecule has 0 N–H and O–H groups in total. The smallest absolute Gasteiger partial charge is 0.219 e. The van der Waals surface area contributed by atoms with Gasteiger partial charge in [-0.3, -0.25) is 9.97 Å². The zero-order valence-electron chi connectivity index (χ0n) is 12.3. The van der Waals surface area contributed by atoms with Crippen molar-refractivity contribution in [3.63, 3.8) is 0 Å². The highest BCUT2D eigenvalue weighted by molar-refractivity contribution is 5.78. The maximum Gasteiger partial charge on any atom is 0.219 e. The second kappa shape index (κ2) is 5.85. The van der Waals surface area contributed by atoms with E-state index in [9.17, 15) is 0 Å². The van der Waals surface area contributed by atoms with E-state index in [0.717, 1.165) is 27.9 Å². The molecule has 0 aliphatic carbocycles. The first-order chi connectivity index (χ1) is 11.4. The minimum Gasteiger partial charge on any atom is -0.438 e. The number of para-hydroxylation sites is 1. The van der Waals surface area contributed by atoms with Crippen molar-refractivity contribution in [1.82, 2.24) is 15.0 Å². The van der Waals surface area contributed by atoms with E-state index in [1.54, 1.807) is 18.6 Å². The summed E-state index contributed by atoms with van der Waals surface area (Å²) >= 11 is 0. The molecule has 1 aromatic carbocycles. The fourth-order valence-electron chi connectivity index (χ4n) is 2.41. The first kappa shape index (κ1) is 13.4. The lowest BCUT2D eigenvalue weighted by molar-refractivity contribution is 0.466. The number of aromatic nitrogens is 3. The molecule has 0 saturated heterocycles. The molecule has 0 bridgehead atoms. The molecule has 0 aliphatic rings. The van der Waals surface area contributed by atoms with E-state index >= 15 is 0 Å². The van der Waals surface area contributed by atoms with Gasteiger partial charge in [-0.1, -0.05) is 18.2 Å². The fourth-order valence-corrected chi connectivity index (χ4v) is 2.41. The summed E-state index contributed by atoms with van der Waals surface area (Å²) in [6, 6.07) is 19.4. The predicted octanol–water partition coefficient (Wildman–Crippen LogP) is 4.48. The van der Waals surface area contributed by atoms with Crippen LogP contribution in [0.25, 0.3) is 22.2 Å². The maximum atomic E-state index is 5.99. The highest BCUT2D eigenvalue weighted by atomic mass is 16.5. The van der Waals surface area contributed by atoms with Gasteiger partial charge in [0.25, 0.3) is 0 Å². The molecule has 3 heterocycles. The lowest BCUT2D eigenvalue weighted by atomic mass is 10.1. The first-order valence-electron chi connectivity index (χ1n) is 7.29. The Morgan fingerprint density at radius 1 is 0.783 bits per heavy atom. The van der Waals surface area contributed by atoms with Gasteiger partial charge < -0.3 is 4.74 Å². The van der Waals surface area contributed by atoms with Crippen LogP contribution < -0.4 is 4.74 Å². The molecule has 4 heteroatoms. The normalized spacial score (nSPS) is 10.6. The largest absolute Gasteiger partial charge is 0.438 e. The Hall–Kier alpha value is -3.27. The lowest BCUT2D eigenvalue weighted by Gasteiger charge is -2.10. The van der Waals surface area contributed by atoms with E-state index in [2.05, 4.69) is 15.0 Å². The number of rotatable bonds is 3. The topological polar surface area (TPSA) is 47.9 Å². The summed E-state index contributed by atoms with van der Waals surface area (Å²) in [6.07, 6.45) is 5.25. The predicted molar refractivity (Wildman–Crippen MR) is 89.3 cm³/mol. The number of fused-ring (bicyclic) bond motifs is 1. The highest BCUT2D eigenvalue weighted by Crippen LogP contribution is 2.31. The Morgan fingerprint density at radius 2 is 1.70 bits per heavy atom. The minimum absolute atomic E-state index is 0.536. The molecule has 3 aromatic heterocycles. The van der Waals surface area contributed by atoms with Crippen molar-refractivity contribution in [2.24, 2.45) is 0 Å². The number of hydrogen-bond donors (Lipinski definition) is 0. The van der Waals surface area contributed by atoms with Crippen LogP contribution in [0.3, 0.4) is 0 Å². The van der Waals surface area contributed by atoms with Crippen LogP contribution in [-0.2, 0) is 0 Å². The summed E-state index contributed by atoms with van der Waals surface area (Å²) in [5, 5.41) is 1.03. The van der Waals surface area contributed by atoms with Gasteiger partial charge in [-0.2, -0.15) is 0 Å². The van der Waals surface area contributed by atoms with Crippen molar-refractivity contribution in [1.29, 1.82) is 0 Å².